The fourth-order valence-electron chi connectivity index (χ4n) is 2.76. The van der Waals surface area contributed by atoms with Gasteiger partial charge in [0, 0.05) is 11.6 Å². The van der Waals surface area contributed by atoms with Crippen molar-refractivity contribution in [3.05, 3.63) is 29.0 Å². The average Bonchev–Trinajstić information content (AvgIpc) is 2.99. The number of benzene rings is 1. The minimum Gasteiger partial charge on any atom is -0.395 e. The monoisotopic (exact) mass is 279 g/mol. The average molecular weight is 280 g/mol. The first-order valence-corrected chi connectivity index (χ1v) is 7.13. The van der Waals surface area contributed by atoms with Gasteiger partial charge in [0.1, 0.15) is 5.82 Å². The molecule has 5 heteroatoms. The van der Waals surface area contributed by atoms with Crippen LogP contribution < -0.4 is 0 Å². The third-order valence-corrected chi connectivity index (χ3v) is 3.91. The Labute approximate surface area is 117 Å². The number of aliphatic hydroxyl groups excluding tert-OH is 1. The lowest BCUT2D eigenvalue weighted by atomic mass is 10.3. The number of aliphatic hydroxyl groups is 1. The number of nitrogens with zero attached hydrogens (tertiary/aromatic N) is 3. The molecular formula is C14H18ClN3O. The van der Waals surface area contributed by atoms with E-state index >= 15 is 0 Å². The highest BCUT2D eigenvalue weighted by molar-refractivity contribution is 6.31. The SMILES string of the molecule is OCCn1c(CN2CCCC2)nc2cc(Cl)ccc21. The van der Waals surface area contributed by atoms with Crippen LogP contribution in [0.3, 0.4) is 0 Å². The molecule has 0 amide bonds. The van der Waals surface area contributed by atoms with Crippen molar-refractivity contribution in [1.29, 1.82) is 0 Å². The Bertz CT molecular complexity index is 575. The molecule has 1 aromatic heterocycles. The molecule has 0 radical (unpaired) electrons. The first-order valence-electron chi connectivity index (χ1n) is 6.76. The summed E-state index contributed by atoms with van der Waals surface area (Å²) >= 11 is 6.02. The normalized spacial score (nSPS) is 16.5. The van der Waals surface area contributed by atoms with Crippen LogP contribution in [-0.4, -0.2) is 39.3 Å². The van der Waals surface area contributed by atoms with Gasteiger partial charge in [0.15, 0.2) is 0 Å². The number of fused-ring (bicyclic) bond motifs is 1. The van der Waals surface area contributed by atoms with E-state index in [-0.39, 0.29) is 6.61 Å². The zero-order valence-corrected chi connectivity index (χ0v) is 11.6. The van der Waals surface area contributed by atoms with E-state index in [1.807, 2.05) is 18.2 Å². The lowest BCUT2D eigenvalue weighted by Crippen LogP contribution is -2.21. The van der Waals surface area contributed by atoms with Gasteiger partial charge in [0.05, 0.1) is 24.2 Å². The van der Waals surface area contributed by atoms with Gasteiger partial charge in [-0.15, -0.1) is 0 Å². The van der Waals surface area contributed by atoms with Gasteiger partial charge in [0.25, 0.3) is 0 Å². The third kappa shape index (κ3) is 2.61. The predicted octanol–water partition coefficient (Wildman–Crippen LogP) is 2.28. The number of rotatable bonds is 4. The van der Waals surface area contributed by atoms with E-state index in [1.54, 1.807) is 0 Å². The molecule has 1 fully saturated rings. The summed E-state index contributed by atoms with van der Waals surface area (Å²) in [5.74, 6) is 1.02. The zero-order valence-electron chi connectivity index (χ0n) is 10.8. The highest BCUT2D eigenvalue weighted by Gasteiger charge is 2.17. The Morgan fingerprint density at radius 2 is 2.05 bits per heavy atom. The minimum atomic E-state index is 0.126. The Hall–Kier alpha value is -1.10. The summed E-state index contributed by atoms with van der Waals surface area (Å²) in [7, 11) is 0. The van der Waals surface area contributed by atoms with Crippen molar-refractivity contribution >= 4 is 22.6 Å². The molecule has 2 aromatic rings. The molecule has 1 N–H and O–H groups in total. The molecule has 2 heterocycles. The van der Waals surface area contributed by atoms with Gasteiger partial charge < -0.3 is 9.67 Å². The molecule has 102 valence electrons. The second-order valence-corrected chi connectivity index (χ2v) is 5.46. The molecule has 1 aliphatic heterocycles. The second kappa shape index (κ2) is 5.49. The number of hydrogen-bond donors (Lipinski definition) is 1. The van der Waals surface area contributed by atoms with Crippen molar-refractivity contribution in [3.8, 4) is 0 Å². The lowest BCUT2D eigenvalue weighted by molar-refractivity contribution is 0.268. The number of hydrogen-bond acceptors (Lipinski definition) is 3. The highest BCUT2D eigenvalue weighted by atomic mass is 35.5. The van der Waals surface area contributed by atoms with Crippen LogP contribution >= 0.6 is 11.6 Å². The van der Waals surface area contributed by atoms with Gasteiger partial charge in [-0.05, 0) is 44.1 Å². The molecule has 0 spiro atoms. The van der Waals surface area contributed by atoms with Crippen molar-refractivity contribution in [2.45, 2.75) is 25.9 Å². The maximum absolute atomic E-state index is 9.25. The van der Waals surface area contributed by atoms with Gasteiger partial charge >= 0.3 is 0 Å². The van der Waals surface area contributed by atoms with Gasteiger partial charge in [-0.3, -0.25) is 4.90 Å². The predicted molar refractivity (Wildman–Crippen MR) is 76.3 cm³/mol. The van der Waals surface area contributed by atoms with Crippen LogP contribution in [0.2, 0.25) is 5.02 Å². The number of likely N-dealkylation sites (tertiary alicyclic amines) is 1. The lowest BCUT2D eigenvalue weighted by Gasteiger charge is -2.15. The van der Waals surface area contributed by atoms with Crippen molar-refractivity contribution in [3.63, 3.8) is 0 Å². The molecule has 1 aliphatic rings. The summed E-state index contributed by atoms with van der Waals surface area (Å²) < 4.78 is 2.10. The maximum Gasteiger partial charge on any atom is 0.124 e. The quantitative estimate of drug-likeness (QED) is 0.934. The molecule has 0 saturated carbocycles. The summed E-state index contributed by atoms with van der Waals surface area (Å²) in [4.78, 5) is 7.09. The molecular weight excluding hydrogens is 262 g/mol. The van der Waals surface area contributed by atoms with E-state index in [1.165, 1.54) is 12.8 Å². The Kier molecular flexibility index (Phi) is 3.73. The van der Waals surface area contributed by atoms with Crippen molar-refractivity contribution in [2.75, 3.05) is 19.7 Å². The molecule has 3 rings (SSSR count). The number of imidazole rings is 1. The summed E-state index contributed by atoms with van der Waals surface area (Å²) in [6.07, 6.45) is 2.54. The molecule has 4 nitrogen and oxygen atoms in total. The van der Waals surface area contributed by atoms with Gasteiger partial charge in [-0.2, -0.15) is 0 Å². The van der Waals surface area contributed by atoms with Crippen LogP contribution in [0, 0.1) is 0 Å². The van der Waals surface area contributed by atoms with Crippen LogP contribution in [0.1, 0.15) is 18.7 Å². The van der Waals surface area contributed by atoms with Gasteiger partial charge in [0.2, 0.25) is 0 Å². The Morgan fingerprint density at radius 1 is 1.26 bits per heavy atom. The van der Waals surface area contributed by atoms with Crippen LogP contribution in [0.5, 0.6) is 0 Å². The number of aromatic nitrogens is 2. The molecule has 1 saturated heterocycles. The van der Waals surface area contributed by atoms with Crippen LogP contribution in [-0.2, 0) is 13.1 Å². The molecule has 0 unspecified atom stereocenters. The van der Waals surface area contributed by atoms with Crippen LogP contribution in [0.25, 0.3) is 11.0 Å². The zero-order chi connectivity index (χ0) is 13.2. The first kappa shape index (κ1) is 12.9. The molecule has 19 heavy (non-hydrogen) atoms. The summed E-state index contributed by atoms with van der Waals surface area (Å²) in [6.45, 7) is 3.85. The fraction of sp³-hybridized carbons (Fsp3) is 0.500. The Balaban J connectivity index is 1.98. The van der Waals surface area contributed by atoms with Crippen molar-refractivity contribution in [2.24, 2.45) is 0 Å². The van der Waals surface area contributed by atoms with Crippen LogP contribution in [0.4, 0.5) is 0 Å². The van der Waals surface area contributed by atoms with Crippen molar-refractivity contribution < 1.29 is 5.11 Å². The Morgan fingerprint density at radius 3 is 2.79 bits per heavy atom. The van der Waals surface area contributed by atoms with Crippen molar-refractivity contribution in [1.82, 2.24) is 14.5 Å². The second-order valence-electron chi connectivity index (χ2n) is 5.02. The number of halogens is 1. The standard InChI is InChI=1S/C14H18ClN3O/c15-11-3-4-13-12(9-11)16-14(18(13)7-8-19)10-17-5-1-2-6-17/h3-4,9,19H,1-2,5-8,10H2. The summed E-state index contributed by atoms with van der Waals surface area (Å²) in [5, 5.41) is 9.95. The molecule has 0 bridgehead atoms. The third-order valence-electron chi connectivity index (χ3n) is 3.68. The van der Waals surface area contributed by atoms with E-state index in [9.17, 15) is 5.11 Å². The molecule has 1 aromatic carbocycles. The maximum atomic E-state index is 9.25. The topological polar surface area (TPSA) is 41.3 Å². The summed E-state index contributed by atoms with van der Waals surface area (Å²) in [5.41, 5.74) is 1.96. The van der Waals surface area contributed by atoms with E-state index < -0.39 is 0 Å². The van der Waals surface area contributed by atoms with Crippen LogP contribution in [0.15, 0.2) is 18.2 Å². The van der Waals surface area contributed by atoms with Gasteiger partial charge in [-0.1, -0.05) is 11.6 Å². The van der Waals surface area contributed by atoms with E-state index in [4.69, 9.17) is 11.6 Å². The van der Waals surface area contributed by atoms with Gasteiger partial charge in [-0.25, -0.2) is 4.98 Å². The molecule has 0 atom stereocenters. The molecule has 0 aliphatic carbocycles. The first-order chi connectivity index (χ1) is 9.28. The smallest absolute Gasteiger partial charge is 0.124 e. The minimum absolute atomic E-state index is 0.126. The van der Waals surface area contributed by atoms with E-state index in [0.717, 1.165) is 36.5 Å². The fourth-order valence-corrected chi connectivity index (χ4v) is 2.93. The highest BCUT2D eigenvalue weighted by Crippen LogP contribution is 2.22. The van der Waals surface area contributed by atoms with E-state index in [0.29, 0.717) is 11.6 Å². The summed E-state index contributed by atoms with van der Waals surface area (Å²) in [6, 6.07) is 5.74. The van der Waals surface area contributed by atoms with E-state index in [2.05, 4.69) is 14.5 Å². The largest absolute Gasteiger partial charge is 0.395 e.